The zero-order chi connectivity index (χ0) is 13.8. The monoisotopic (exact) mass is 246 g/mol. The van der Waals surface area contributed by atoms with Gasteiger partial charge in [-0.15, -0.1) is 0 Å². The van der Waals surface area contributed by atoms with Crippen molar-refractivity contribution in [2.75, 3.05) is 0 Å². The molecule has 0 fully saturated rings. The number of carboxylic acid groups (broad SMARTS) is 1. The van der Waals surface area contributed by atoms with E-state index in [4.69, 9.17) is 10.4 Å². The van der Waals surface area contributed by atoms with Crippen molar-refractivity contribution in [1.29, 1.82) is 5.26 Å². The summed E-state index contributed by atoms with van der Waals surface area (Å²) < 4.78 is 0. The third kappa shape index (κ3) is 3.91. The highest BCUT2D eigenvalue weighted by Crippen LogP contribution is 2.11. The number of nitrogens with one attached hydrogen (secondary N) is 1. The van der Waals surface area contributed by atoms with E-state index < -0.39 is 11.5 Å². The summed E-state index contributed by atoms with van der Waals surface area (Å²) in [6.45, 7) is 3.28. The van der Waals surface area contributed by atoms with Crippen molar-refractivity contribution in [2.45, 2.75) is 25.8 Å². The molecular weight excluding hydrogens is 232 g/mol. The van der Waals surface area contributed by atoms with Crippen LogP contribution in [-0.4, -0.2) is 22.5 Å². The summed E-state index contributed by atoms with van der Waals surface area (Å²) in [5.74, 6) is -1.33. The maximum Gasteiger partial charge on any atom is 0.305 e. The van der Waals surface area contributed by atoms with Gasteiger partial charge >= 0.3 is 5.97 Å². The molecule has 0 aliphatic carbocycles. The van der Waals surface area contributed by atoms with Crippen molar-refractivity contribution in [1.82, 2.24) is 5.32 Å². The predicted octanol–water partition coefficient (Wildman–Crippen LogP) is 1.54. The highest BCUT2D eigenvalue weighted by Gasteiger charge is 2.24. The third-order valence-electron chi connectivity index (χ3n) is 2.32. The molecule has 0 aromatic heterocycles. The quantitative estimate of drug-likeness (QED) is 0.843. The number of nitrogens with zero attached hydrogens (tertiary/aromatic N) is 1. The lowest BCUT2D eigenvalue weighted by atomic mass is 10.00. The van der Waals surface area contributed by atoms with E-state index in [0.29, 0.717) is 11.1 Å². The molecule has 0 atom stereocenters. The van der Waals surface area contributed by atoms with Crippen LogP contribution in [0.15, 0.2) is 24.3 Å². The van der Waals surface area contributed by atoms with Crippen molar-refractivity contribution in [3.05, 3.63) is 35.4 Å². The minimum absolute atomic E-state index is 0.158. The fraction of sp³-hybridized carbons (Fsp3) is 0.308. The van der Waals surface area contributed by atoms with Crippen LogP contribution in [0.1, 0.15) is 36.2 Å². The van der Waals surface area contributed by atoms with E-state index in [0.717, 1.165) is 0 Å². The molecule has 0 radical (unpaired) electrons. The van der Waals surface area contributed by atoms with Crippen molar-refractivity contribution in [3.63, 3.8) is 0 Å². The number of nitriles is 1. The van der Waals surface area contributed by atoms with Crippen LogP contribution >= 0.6 is 0 Å². The summed E-state index contributed by atoms with van der Waals surface area (Å²) in [5.41, 5.74) is 0.0420. The van der Waals surface area contributed by atoms with Crippen LogP contribution in [0.5, 0.6) is 0 Å². The topological polar surface area (TPSA) is 90.2 Å². The molecule has 0 aliphatic rings. The molecule has 0 unspecified atom stereocenters. The van der Waals surface area contributed by atoms with Crippen molar-refractivity contribution in [3.8, 4) is 6.07 Å². The molecule has 2 N–H and O–H groups in total. The standard InChI is InChI=1S/C13H14N2O3/c1-13(2,7-11(16)17)15-12(18)10-5-3-9(8-14)4-6-10/h3-6H,7H2,1-2H3,(H,15,18)(H,16,17). The van der Waals surface area contributed by atoms with Gasteiger partial charge in [-0.05, 0) is 38.1 Å². The molecule has 0 spiro atoms. The number of hydrogen-bond donors (Lipinski definition) is 2. The number of carbonyl (C=O) groups is 2. The number of hydrogen-bond acceptors (Lipinski definition) is 3. The summed E-state index contributed by atoms with van der Waals surface area (Å²) in [4.78, 5) is 22.5. The minimum atomic E-state index is -0.972. The van der Waals surface area contributed by atoms with E-state index in [1.54, 1.807) is 26.0 Å². The molecule has 1 aromatic carbocycles. The second kappa shape index (κ2) is 5.32. The Morgan fingerprint density at radius 3 is 2.33 bits per heavy atom. The van der Waals surface area contributed by atoms with E-state index in [2.05, 4.69) is 5.32 Å². The number of benzene rings is 1. The second-order valence-electron chi connectivity index (χ2n) is 4.60. The fourth-order valence-electron chi connectivity index (χ4n) is 1.50. The smallest absolute Gasteiger partial charge is 0.305 e. The van der Waals surface area contributed by atoms with E-state index in [1.165, 1.54) is 12.1 Å². The molecule has 0 bridgehead atoms. The molecule has 18 heavy (non-hydrogen) atoms. The van der Waals surface area contributed by atoms with E-state index in [-0.39, 0.29) is 12.3 Å². The van der Waals surface area contributed by atoms with Gasteiger partial charge < -0.3 is 10.4 Å². The Morgan fingerprint density at radius 2 is 1.89 bits per heavy atom. The normalized spacial score (nSPS) is 10.5. The lowest BCUT2D eigenvalue weighted by Gasteiger charge is -2.24. The fourth-order valence-corrected chi connectivity index (χ4v) is 1.50. The van der Waals surface area contributed by atoms with Gasteiger partial charge in [-0.25, -0.2) is 0 Å². The van der Waals surface area contributed by atoms with Crippen LogP contribution < -0.4 is 5.32 Å². The number of amides is 1. The summed E-state index contributed by atoms with van der Waals surface area (Å²) >= 11 is 0. The summed E-state index contributed by atoms with van der Waals surface area (Å²) in [6, 6.07) is 8.10. The maximum atomic E-state index is 11.9. The van der Waals surface area contributed by atoms with Crippen LogP contribution in [0.3, 0.4) is 0 Å². The highest BCUT2D eigenvalue weighted by atomic mass is 16.4. The van der Waals surface area contributed by atoms with Gasteiger partial charge in [0.1, 0.15) is 0 Å². The molecule has 0 heterocycles. The Morgan fingerprint density at radius 1 is 1.33 bits per heavy atom. The zero-order valence-electron chi connectivity index (χ0n) is 10.2. The molecule has 5 heteroatoms. The van der Waals surface area contributed by atoms with Crippen LogP contribution in [0.2, 0.25) is 0 Å². The predicted molar refractivity (Wildman–Crippen MR) is 65.0 cm³/mol. The summed E-state index contributed by atoms with van der Waals surface area (Å²) in [7, 11) is 0. The van der Waals surface area contributed by atoms with Crippen molar-refractivity contribution >= 4 is 11.9 Å². The van der Waals surface area contributed by atoms with Gasteiger partial charge in [-0.2, -0.15) is 5.26 Å². The molecule has 5 nitrogen and oxygen atoms in total. The molecule has 0 saturated carbocycles. The van der Waals surface area contributed by atoms with Crippen molar-refractivity contribution in [2.24, 2.45) is 0 Å². The van der Waals surface area contributed by atoms with Gasteiger partial charge in [0.05, 0.1) is 18.1 Å². The summed E-state index contributed by atoms with van der Waals surface area (Å²) in [5, 5.41) is 20.0. The summed E-state index contributed by atoms with van der Waals surface area (Å²) in [6.07, 6.45) is -0.158. The molecule has 1 rings (SSSR count). The molecule has 0 aliphatic heterocycles. The number of rotatable bonds is 4. The second-order valence-corrected chi connectivity index (χ2v) is 4.60. The highest BCUT2D eigenvalue weighted by molar-refractivity contribution is 5.95. The first-order valence-electron chi connectivity index (χ1n) is 5.38. The Hall–Kier alpha value is -2.35. The maximum absolute atomic E-state index is 11.9. The Kier molecular flexibility index (Phi) is 4.05. The largest absolute Gasteiger partial charge is 0.481 e. The van der Waals surface area contributed by atoms with Gasteiger partial charge in [0.15, 0.2) is 0 Å². The molecular formula is C13H14N2O3. The molecule has 94 valence electrons. The average Bonchev–Trinajstić information content (AvgIpc) is 2.26. The van der Waals surface area contributed by atoms with Crippen molar-refractivity contribution < 1.29 is 14.7 Å². The lowest BCUT2D eigenvalue weighted by Crippen LogP contribution is -2.44. The van der Waals surface area contributed by atoms with Crippen LogP contribution in [-0.2, 0) is 4.79 Å². The minimum Gasteiger partial charge on any atom is -0.481 e. The zero-order valence-corrected chi connectivity index (χ0v) is 10.2. The van der Waals surface area contributed by atoms with E-state index >= 15 is 0 Å². The van der Waals surface area contributed by atoms with Crippen LogP contribution in [0.25, 0.3) is 0 Å². The van der Waals surface area contributed by atoms with E-state index in [9.17, 15) is 9.59 Å². The average molecular weight is 246 g/mol. The Balaban J connectivity index is 2.76. The van der Waals surface area contributed by atoms with Crippen LogP contribution in [0.4, 0.5) is 0 Å². The van der Waals surface area contributed by atoms with Gasteiger partial charge in [-0.1, -0.05) is 0 Å². The first-order valence-corrected chi connectivity index (χ1v) is 5.38. The molecule has 0 saturated heterocycles. The first kappa shape index (κ1) is 13.7. The van der Waals surface area contributed by atoms with Gasteiger partial charge in [0.25, 0.3) is 5.91 Å². The Bertz CT molecular complexity index is 498. The number of carboxylic acids is 1. The Labute approximate surface area is 105 Å². The van der Waals surface area contributed by atoms with Gasteiger partial charge in [0.2, 0.25) is 0 Å². The van der Waals surface area contributed by atoms with Gasteiger partial charge in [0, 0.05) is 11.1 Å². The SMILES string of the molecule is CC(C)(CC(=O)O)NC(=O)c1ccc(C#N)cc1. The third-order valence-corrected chi connectivity index (χ3v) is 2.32. The first-order chi connectivity index (χ1) is 8.34. The number of aliphatic carboxylic acids is 1. The molecule has 1 amide bonds. The van der Waals surface area contributed by atoms with Gasteiger partial charge in [-0.3, -0.25) is 9.59 Å². The van der Waals surface area contributed by atoms with E-state index in [1.807, 2.05) is 6.07 Å². The molecule has 1 aromatic rings. The number of carbonyl (C=O) groups excluding carboxylic acids is 1. The lowest BCUT2D eigenvalue weighted by molar-refractivity contribution is -0.138. The van der Waals surface area contributed by atoms with Crippen LogP contribution in [0, 0.1) is 11.3 Å².